The second-order valence-corrected chi connectivity index (χ2v) is 8.26. The fourth-order valence-corrected chi connectivity index (χ4v) is 4.98. The Hall–Kier alpha value is -2.47. The van der Waals surface area contributed by atoms with Crippen LogP contribution in [0, 0.1) is 0 Å². The van der Waals surface area contributed by atoms with Crippen LogP contribution in [0.1, 0.15) is 38.7 Å². The maximum atomic E-state index is 12.2. The first-order valence-corrected chi connectivity index (χ1v) is 10.1. The number of carbonyl (C=O) groups is 2. The van der Waals surface area contributed by atoms with Gasteiger partial charge in [-0.25, -0.2) is 0 Å². The summed E-state index contributed by atoms with van der Waals surface area (Å²) in [5, 5.41) is 4.19. The highest BCUT2D eigenvalue weighted by Gasteiger charge is 2.48. The van der Waals surface area contributed by atoms with E-state index in [4.69, 9.17) is 0 Å². The van der Waals surface area contributed by atoms with Gasteiger partial charge in [0.2, 0.25) is 11.8 Å². The van der Waals surface area contributed by atoms with Crippen molar-refractivity contribution in [2.75, 3.05) is 19.6 Å². The van der Waals surface area contributed by atoms with Crippen LogP contribution in [0.25, 0.3) is 10.9 Å². The van der Waals surface area contributed by atoms with E-state index >= 15 is 0 Å². The normalized spacial score (nSPS) is 21.9. The third kappa shape index (κ3) is 3.74. The molecule has 0 aliphatic carbocycles. The van der Waals surface area contributed by atoms with Gasteiger partial charge in [0.25, 0.3) is 0 Å². The molecule has 148 valence electrons. The second-order valence-electron chi connectivity index (χ2n) is 8.26. The maximum absolute atomic E-state index is 12.2. The van der Waals surface area contributed by atoms with Crippen molar-refractivity contribution in [2.45, 2.75) is 51.2 Å². The van der Waals surface area contributed by atoms with Crippen molar-refractivity contribution >= 4 is 22.7 Å². The molecule has 6 heteroatoms. The molecule has 2 aliphatic rings. The van der Waals surface area contributed by atoms with E-state index in [1.165, 1.54) is 10.9 Å². The number of amides is 2. The molecule has 0 unspecified atom stereocenters. The van der Waals surface area contributed by atoms with E-state index in [2.05, 4.69) is 39.5 Å². The van der Waals surface area contributed by atoms with Crippen molar-refractivity contribution < 1.29 is 9.59 Å². The molecule has 6 nitrogen and oxygen atoms in total. The van der Waals surface area contributed by atoms with Gasteiger partial charge in [-0.05, 0) is 43.0 Å². The van der Waals surface area contributed by atoms with Crippen LogP contribution in [0.5, 0.6) is 0 Å². The summed E-state index contributed by atoms with van der Waals surface area (Å²) in [6.07, 6.45) is 4.60. The van der Waals surface area contributed by atoms with Gasteiger partial charge in [0, 0.05) is 63.2 Å². The molecule has 2 saturated heterocycles. The maximum Gasteiger partial charge on any atom is 0.219 e. The molecule has 28 heavy (non-hydrogen) atoms. The topological polar surface area (TPSA) is 65.5 Å². The van der Waals surface area contributed by atoms with Crippen LogP contribution in [0.2, 0.25) is 0 Å². The van der Waals surface area contributed by atoms with Crippen LogP contribution in [0.3, 0.4) is 0 Å². The average molecular weight is 380 g/mol. The zero-order valence-corrected chi connectivity index (χ0v) is 16.6. The first kappa shape index (κ1) is 18.9. The van der Waals surface area contributed by atoms with Crippen LogP contribution in [0.15, 0.2) is 36.5 Å². The number of benzene rings is 1. The van der Waals surface area contributed by atoms with Gasteiger partial charge < -0.3 is 10.2 Å². The summed E-state index contributed by atoms with van der Waals surface area (Å²) < 4.78 is 0. The van der Waals surface area contributed by atoms with E-state index in [9.17, 15) is 9.59 Å². The van der Waals surface area contributed by atoms with Crippen LogP contribution in [-0.2, 0) is 16.1 Å². The predicted octanol–water partition coefficient (Wildman–Crippen LogP) is 2.33. The highest BCUT2D eigenvalue weighted by Crippen LogP contribution is 2.39. The lowest BCUT2D eigenvalue weighted by Crippen LogP contribution is -2.53. The Balaban J connectivity index is 1.42. The van der Waals surface area contributed by atoms with Crippen molar-refractivity contribution in [3.8, 4) is 0 Å². The predicted molar refractivity (Wildman–Crippen MR) is 109 cm³/mol. The average Bonchev–Trinajstić information content (AvgIpc) is 3.01. The van der Waals surface area contributed by atoms with Gasteiger partial charge in [0.15, 0.2) is 0 Å². The largest absolute Gasteiger partial charge is 0.352 e. The Morgan fingerprint density at radius 3 is 2.71 bits per heavy atom. The molecule has 1 N–H and O–H groups in total. The molecule has 1 spiro atoms. The lowest BCUT2D eigenvalue weighted by molar-refractivity contribution is -0.134. The van der Waals surface area contributed by atoms with E-state index in [0.717, 1.165) is 44.4 Å². The van der Waals surface area contributed by atoms with E-state index in [-0.39, 0.29) is 23.4 Å². The summed E-state index contributed by atoms with van der Waals surface area (Å²) in [5.74, 6) is 0.0945. The fraction of sp³-hybridized carbons (Fsp3) is 0.500. The number of nitrogens with zero attached hydrogens (tertiary/aromatic N) is 3. The van der Waals surface area contributed by atoms with Crippen molar-refractivity contribution in [3.63, 3.8) is 0 Å². The standard InChI is InChI=1S/C22H28N4O2/c1-16(27)24-20-13-22(26(15-20)17(2)28)7-10-25(11-8-22)14-18-5-6-21-19(12-18)4-3-9-23-21/h3-6,9,12,20H,7-8,10-11,13-15H2,1-2H3,(H,24,27)/t20-/m0/s1. The Morgan fingerprint density at radius 1 is 1.21 bits per heavy atom. The zero-order valence-electron chi connectivity index (χ0n) is 16.6. The smallest absolute Gasteiger partial charge is 0.219 e. The summed E-state index contributed by atoms with van der Waals surface area (Å²) in [7, 11) is 0. The van der Waals surface area contributed by atoms with Crippen LogP contribution >= 0.6 is 0 Å². The van der Waals surface area contributed by atoms with Crippen molar-refractivity contribution in [2.24, 2.45) is 0 Å². The number of aromatic nitrogens is 1. The Labute approximate surface area is 165 Å². The third-order valence-electron chi connectivity index (χ3n) is 6.25. The number of hydrogen-bond acceptors (Lipinski definition) is 4. The number of fused-ring (bicyclic) bond motifs is 1. The van der Waals surface area contributed by atoms with E-state index in [1.807, 2.05) is 17.2 Å². The quantitative estimate of drug-likeness (QED) is 0.888. The van der Waals surface area contributed by atoms with Crippen molar-refractivity contribution in [3.05, 3.63) is 42.1 Å². The molecule has 2 fully saturated rings. The third-order valence-corrected chi connectivity index (χ3v) is 6.25. The lowest BCUT2D eigenvalue weighted by atomic mass is 9.84. The van der Waals surface area contributed by atoms with Crippen LogP contribution in [-0.4, -0.2) is 57.8 Å². The number of rotatable bonds is 3. The van der Waals surface area contributed by atoms with Gasteiger partial charge in [-0.2, -0.15) is 0 Å². The summed E-state index contributed by atoms with van der Waals surface area (Å²) in [5.41, 5.74) is 2.21. The molecular weight excluding hydrogens is 352 g/mol. The van der Waals surface area contributed by atoms with Gasteiger partial charge in [-0.15, -0.1) is 0 Å². The first-order valence-electron chi connectivity index (χ1n) is 10.1. The lowest BCUT2D eigenvalue weighted by Gasteiger charge is -2.44. The number of carbonyl (C=O) groups excluding carboxylic acids is 2. The molecule has 2 amide bonds. The molecule has 2 aromatic rings. The molecule has 3 heterocycles. The first-order chi connectivity index (χ1) is 13.4. The summed E-state index contributed by atoms with van der Waals surface area (Å²) in [6, 6.07) is 10.6. The SMILES string of the molecule is CC(=O)N[C@@H]1CN(C(C)=O)C2(CCN(Cc3ccc4ncccc4c3)CC2)C1. The zero-order chi connectivity index (χ0) is 19.7. The molecular formula is C22H28N4O2. The van der Waals surface area contributed by atoms with Gasteiger partial charge in [0.05, 0.1) is 5.52 Å². The van der Waals surface area contributed by atoms with Crippen molar-refractivity contribution in [1.29, 1.82) is 0 Å². The van der Waals surface area contributed by atoms with E-state index in [1.54, 1.807) is 13.8 Å². The molecule has 1 atom stereocenters. The minimum Gasteiger partial charge on any atom is -0.352 e. The molecule has 2 aliphatic heterocycles. The molecule has 0 radical (unpaired) electrons. The second kappa shape index (κ2) is 7.51. The summed E-state index contributed by atoms with van der Waals surface area (Å²) in [6.45, 7) is 6.66. The summed E-state index contributed by atoms with van der Waals surface area (Å²) >= 11 is 0. The Kier molecular flexibility index (Phi) is 5.06. The fourth-order valence-electron chi connectivity index (χ4n) is 4.98. The van der Waals surface area contributed by atoms with Gasteiger partial charge in [0.1, 0.15) is 0 Å². The molecule has 0 bridgehead atoms. The Bertz CT molecular complexity index is 889. The number of likely N-dealkylation sites (tertiary alicyclic amines) is 2. The molecule has 1 aromatic carbocycles. The summed E-state index contributed by atoms with van der Waals surface area (Å²) in [4.78, 5) is 32.6. The number of hydrogen-bond donors (Lipinski definition) is 1. The minimum atomic E-state index is -0.108. The van der Waals surface area contributed by atoms with Gasteiger partial charge in [-0.1, -0.05) is 12.1 Å². The molecule has 1 aromatic heterocycles. The highest BCUT2D eigenvalue weighted by molar-refractivity contribution is 5.79. The van der Waals surface area contributed by atoms with E-state index < -0.39 is 0 Å². The minimum absolute atomic E-state index is 0.0196. The highest BCUT2D eigenvalue weighted by atomic mass is 16.2. The monoisotopic (exact) mass is 380 g/mol. The number of piperidine rings is 1. The van der Waals surface area contributed by atoms with E-state index in [0.29, 0.717) is 6.54 Å². The number of nitrogens with one attached hydrogen (secondary N) is 1. The van der Waals surface area contributed by atoms with Crippen molar-refractivity contribution in [1.82, 2.24) is 20.1 Å². The van der Waals surface area contributed by atoms with Gasteiger partial charge in [-0.3, -0.25) is 19.5 Å². The van der Waals surface area contributed by atoms with Crippen LogP contribution in [0.4, 0.5) is 0 Å². The van der Waals surface area contributed by atoms with Crippen LogP contribution < -0.4 is 5.32 Å². The number of pyridine rings is 1. The Morgan fingerprint density at radius 2 is 2.00 bits per heavy atom. The van der Waals surface area contributed by atoms with Gasteiger partial charge >= 0.3 is 0 Å². The molecule has 0 saturated carbocycles. The molecule has 4 rings (SSSR count).